The Kier molecular flexibility index (Phi) is 4.61. The molecule has 1 aliphatic heterocycles. The van der Waals surface area contributed by atoms with E-state index < -0.39 is 0 Å². The number of nitrogens with zero attached hydrogens (tertiary/aromatic N) is 3. The normalized spacial score (nSPS) is 20.2. The van der Waals surface area contributed by atoms with E-state index in [2.05, 4.69) is 15.0 Å². The Balaban J connectivity index is 1.86. The third-order valence-corrected chi connectivity index (χ3v) is 5.11. The van der Waals surface area contributed by atoms with Gasteiger partial charge < -0.3 is 14.2 Å². The third-order valence-electron chi connectivity index (χ3n) is 4.76. The van der Waals surface area contributed by atoms with Crippen molar-refractivity contribution in [1.82, 2.24) is 10.1 Å². The number of rotatable bonds is 3. The van der Waals surface area contributed by atoms with Crippen LogP contribution in [0.4, 0.5) is 5.69 Å². The topological polar surface area (TPSA) is 68.5 Å². The number of aromatic nitrogens is 2. The van der Waals surface area contributed by atoms with Gasteiger partial charge in [0.05, 0.1) is 23.3 Å². The monoisotopic (exact) mass is 385 g/mol. The molecule has 0 aliphatic carbocycles. The Morgan fingerprint density at radius 2 is 2.00 bits per heavy atom. The van der Waals surface area contributed by atoms with E-state index in [0.29, 0.717) is 46.0 Å². The number of pyridine rings is 1. The highest BCUT2D eigenvalue weighted by Crippen LogP contribution is 2.40. The standard InChI is InChI=1S/C20H20ClN3O3/c1-11-4-5-14(7-22-11)18-16-6-15(10-25)19(17(21)20(16)27-23-18)24-8-12(2)26-13(3)9-24/h4-7,10,12-13H,8-9H2,1-3H3/t12-,13+. The number of morpholine rings is 1. The van der Waals surface area contributed by atoms with Gasteiger partial charge in [0, 0.05) is 36.1 Å². The second kappa shape index (κ2) is 6.94. The summed E-state index contributed by atoms with van der Waals surface area (Å²) in [6, 6.07) is 5.62. The van der Waals surface area contributed by atoms with Gasteiger partial charge in [-0.3, -0.25) is 9.78 Å². The number of ether oxygens (including phenoxy) is 1. The number of hydrogen-bond acceptors (Lipinski definition) is 6. The Morgan fingerprint density at radius 1 is 1.26 bits per heavy atom. The summed E-state index contributed by atoms with van der Waals surface area (Å²) in [6.45, 7) is 7.24. The van der Waals surface area contributed by atoms with Crippen LogP contribution in [0.1, 0.15) is 29.9 Å². The summed E-state index contributed by atoms with van der Waals surface area (Å²) in [6.07, 6.45) is 2.66. The second-order valence-corrected chi connectivity index (χ2v) is 7.38. The van der Waals surface area contributed by atoms with Crippen LogP contribution < -0.4 is 4.90 Å². The number of aryl methyl sites for hydroxylation is 1. The molecule has 1 aliphatic rings. The smallest absolute Gasteiger partial charge is 0.188 e. The SMILES string of the molecule is Cc1ccc(-c2noc3c(Cl)c(N4C[C@@H](C)O[C@@H](C)C4)c(C=O)cc23)cn1. The van der Waals surface area contributed by atoms with Gasteiger partial charge >= 0.3 is 0 Å². The van der Waals surface area contributed by atoms with E-state index in [-0.39, 0.29) is 12.2 Å². The van der Waals surface area contributed by atoms with Gasteiger partial charge in [0.1, 0.15) is 10.7 Å². The number of anilines is 1. The molecule has 3 aromatic rings. The first kappa shape index (κ1) is 17.9. The van der Waals surface area contributed by atoms with Crippen molar-refractivity contribution in [3.63, 3.8) is 0 Å². The lowest BCUT2D eigenvalue weighted by Gasteiger charge is -2.37. The number of fused-ring (bicyclic) bond motifs is 1. The highest BCUT2D eigenvalue weighted by molar-refractivity contribution is 6.38. The zero-order valence-electron chi connectivity index (χ0n) is 15.4. The number of carbonyl (C=O) groups is 1. The third kappa shape index (κ3) is 3.19. The van der Waals surface area contributed by atoms with Gasteiger partial charge in [0.2, 0.25) is 0 Å². The molecule has 0 amide bonds. The fourth-order valence-electron chi connectivity index (χ4n) is 3.64. The van der Waals surface area contributed by atoms with Gasteiger partial charge in [0.25, 0.3) is 0 Å². The summed E-state index contributed by atoms with van der Waals surface area (Å²) < 4.78 is 11.4. The molecule has 2 aromatic heterocycles. The zero-order chi connectivity index (χ0) is 19.1. The second-order valence-electron chi connectivity index (χ2n) is 7.00. The molecular weight excluding hydrogens is 366 g/mol. The molecule has 6 nitrogen and oxygen atoms in total. The van der Waals surface area contributed by atoms with Gasteiger partial charge in [-0.15, -0.1) is 0 Å². The molecule has 0 N–H and O–H groups in total. The van der Waals surface area contributed by atoms with Gasteiger partial charge in [-0.25, -0.2) is 0 Å². The minimum atomic E-state index is 0.0453. The van der Waals surface area contributed by atoms with E-state index in [0.717, 1.165) is 17.5 Å². The van der Waals surface area contributed by atoms with E-state index in [4.69, 9.17) is 20.9 Å². The highest BCUT2D eigenvalue weighted by Gasteiger charge is 2.28. The predicted octanol–water partition coefficient (Wildman–Crippen LogP) is 4.28. The molecule has 7 heteroatoms. The van der Waals surface area contributed by atoms with Crippen molar-refractivity contribution in [2.75, 3.05) is 18.0 Å². The van der Waals surface area contributed by atoms with E-state index in [1.54, 1.807) is 12.3 Å². The minimum absolute atomic E-state index is 0.0453. The van der Waals surface area contributed by atoms with E-state index in [1.807, 2.05) is 32.9 Å². The molecule has 1 aromatic carbocycles. The van der Waals surface area contributed by atoms with Crippen molar-refractivity contribution in [1.29, 1.82) is 0 Å². The number of benzene rings is 1. The first-order valence-corrected chi connectivity index (χ1v) is 9.26. The van der Waals surface area contributed by atoms with Gasteiger partial charge in [-0.2, -0.15) is 0 Å². The van der Waals surface area contributed by atoms with Crippen LogP contribution in [0.15, 0.2) is 28.9 Å². The van der Waals surface area contributed by atoms with Crippen LogP contribution in [0.25, 0.3) is 22.2 Å². The molecule has 1 fully saturated rings. The first-order chi connectivity index (χ1) is 13.0. The predicted molar refractivity (Wildman–Crippen MR) is 105 cm³/mol. The Bertz CT molecular complexity index is 990. The Morgan fingerprint density at radius 3 is 2.63 bits per heavy atom. The molecule has 0 spiro atoms. The molecule has 27 heavy (non-hydrogen) atoms. The maximum Gasteiger partial charge on any atom is 0.188 e. The molecule has 1 saturated heterocycles. The van der Waals surface area contributed by atoms with Crippen molar-refractivity contribution in [3.05, 3.63) is 40.7 Å². The van der Waals surface area contributed by atoms with E-state index in [1.165, 1.54) is 0 Å². The average Bonchev–Trinajstić information content (AvgIpc) is 3.05. The van der Waals surface area contributed by atoms with Gasteiger partial charge in [-0.05, 0) is 39.0 Å². The van der Waals surface area contributed by atoms with Crippen molar-refractivity contribution >= 4 is 34.5 Å². The van der Waals surface area contributed by atoms with Crippen LogP contribution in [0.2, 0.25) is 5.02 Å². The fraction of sp³-hybridized carbons (Fsp3) is 0.350. The minimum Gasteiger partial charge on any atom is -0.372 e. The summed E-state index contributed by atoms with van der Waals surface area (Å²) in [5, 5.41) is 5.29. The quantitative estimate of drug-likeness (QED) is 0.627. The maximum atomic E-state index is 11.9. The summed E-state index contributed by atoms with van der Waals surface area (Å²) >= 11 is 6.69. The summed E-state index contributed by atoms with van der Waals surface area (Å²) in [5.74, 6) is 0. The molecule has 4 rings (SSSR count). The van der Waals surface area contributed by atoms with Crippen molar-refractivity contribution < 1.29 is 14.1 Å². The average molecular weight is 386 g/mol. The summed E-state index contributed by atoms with van der Waals surface area (Å²) in [5.41, 5.74) is 4.01. The zero-order valence-corrected chi connectivity index (χ0v) is 16.2. The molecule has 0 unspecified atom stereocenters. The van der Waals surface area contributed by atoms with Crippen LogP contribution in [0, 0.1) is 6.92 Å². The molecule has 140 valence electrons. The van der Waals surface area contributed by atoms with Crippen LogP contribution in [0.3, 0.4) is 0 Å². The Hall–Kier alpha value is -2.44. The number of halogens is 1. The van der Waals surface area contributed by atoms with E-state index >= 15 is 0 Å². The van der Waals surface area contributed by atoms with Crippen LogP contribution in [-0.2, 0) is 4.74 Å². The van der Waals surface area contributed by atoms with E-state index in [9.17, 15) is 4.79 Å². The van der Waals surface area contributed by atoms with Gasteiger partial charge in [0.15, 0.2) is 11.9 Å². The molecule has 2 atom stereocenters. The summed E-state index contributed by atoms with van der Waals surface area (Å²) in [4.78, 5) is 18.3. The molecular formula is C20H20ClN3O3. The lowest BCUT2D eigenvalue weighted by atomic mass is 10.0. The number of hydrogen-bond donors (Lipinski definition) is 0. The molecule has 0 bridgehead atoms. The molecule has 0 radical (unpaired) electrons. The van der Waals surface area contributed by atoms with Gasteiger partial charge in [-0.1, -0.05) is 16.8 Å². The lowest BCUT2D eigenvalue weighted by Crippen LogP contribution is -2.46. The maximum absolute atomic E-state index is 11.9. The highest BCUT2D eigenvalue weighted by atomic mass is 35.5. The first-order valence-electron chi connectivity index (χ1n) is 8.88. The van der Waals surface area contributed by atoms with Crippen LogP contribution in [-0.4, -0.2) is 41.7 Å². The van der Waals surface area contributed by atoms with Crippen LogP contribution >= 0.6 is 11.6 Å². The largest absolute Gasteiger partial charge is 0.372 e. The number of aldehydes is 1. The molecule has 0 saturated carbocycles. The summed E-state index contributed by atoms with van der Waals surface area (Å²) in [7, 11) is 0. The van der Waals surface area contributed by atoms with Crippen molar-refractivity contribution in [2.24, 2.45) is 0 Å². The van der Waals surface area contributed by atoms with Crippen molar-refractivity contribution in [2.45, 2.75) is 33.0 Å². The number of carbonyl (C=O) groups excluding carboxylic acids is 1. The molecule has 3 heterocycles. The lowest BCUT2D eigenvalue weighted by molar-refractivity contribution is -0.00524. The Labute approximate surface area is 162 Å². The van der Waals surface area contributed by atoms with Crippen LogP contribution in [0.5, 0.6) is 0 Å². The van der Waals surface area contributed by atoms with Crippen molar-refractivity contribution in [3.8, 4) is 11.3 Å². The fourth-order valence-corrected chi connectivity index (χ4v) is 4.00.